The first-order valence-corrected chi connectivity index (χ1v) is 11.6. The van der Waals surface area contributed by atoms with Gasteiger partial charge in [0, 0.05) is 18.0 Å². The molecule has 0 aliphatic rings. The summed E-state index contributed by atoms with van der Waals surface area (Å²) in [5, 5.41) is 3.47. The third-order valence-electron chi connectivity index (χ3n) is 4.52. The Hall–Kier alpha value is -2.25. The highest BCUT2D eigenvalue weighted by atomic mass is 35.5. The molecule has 0 aliphatic heterocycles. The summed E-state index contributed by atoms with van der Waals surface area (Å²) in [6.45, 7) is 2.20. The Morgan fingerprint density at radius 2 is 1.90 bits per heavy atom. The smallest absolute Gasteiger partial charge is 0.232 e. The predicted octanol–water partition coefficient (Wildman–Crippen LogP) is 4.16. The summed E-state index contributed by atoms with van der Waals surface area (Å²) < 4.78 is 30.7. The monoisotopic (exact) mass is 438 g/mol. The van der Waals surface area contributed by atoms with Crippen molar-refractivity contribution >= 4 is 33.2 Å². The topological polar surface area (TPSA) is 75.7 Å². The van der Waals surface area contributed by atoms with E-state index in [1.54, 1.807) is 31.4 Å². The van der Waals surface area contributed by atoms with Gasteiger partial charge in [0.2, 0.25) is 15.9 Å². The molecule has 2 rings (SSSR count). The van der Waals surface area contributed by atoms with Crippen LogP contribution >= 0.6 is 11.6 Å². The maximum Gasteiger partial charge on any atom is 0.232 e. The molecule has 0 radical (unpaired) electrons. The molecule has 158 valence electrons. The second kappa shape index (κ2) is 10.5. The van der Waals surface area contributed by atoms with Gasteiger partial charge in [0.05, 0.1) is 25.1 Å². The maximum atomic E-state index is 12.4. The van der Waals surface area contributed by atoms with Crippen LogP contribution in [0, 0.1) is 0 Å². The van der Waals surface area contributed by atoms with Crippen molar-refractivity contribution in [2.45, 2.75) is 32.2 Å². The van der Waals surface area contributed by atoms with Crippen LogP contribution < -0.4 is 14.4 Å². The first-order valence-electron chi connectivity index (χ1n) is 9.41. The van der Waals surface area contributed by atoms with Gasteiger partial charge in [0.15, 0.2) is 0 Å². The van der Waals surface area contributed by atoms with Crippen molar-refractivity contribution in [3.8, 4) is 5.75 Å². The first kappa shape index (κ1) is 23.0. The van der Waals surface area contributed by atoms with E-state index in [4.69, 9.17) is 16.3 Å². The highest BCUT2D eigenvalue weighted by Crippen LogP contribution is 2.23. The Balaban J connectivity index is 1.95. The summed E-state index contributed by atoms with van der Waals surface area (Å²) in [5.74, 6) is 0.643. The van der Waals surface area contributed by atoms with Crippen molar-refractivity contribution in [3.63, 3.8) is 0 Å². The molecule has 29 heavy (non-hydrogen) atoms. The van der Waals surface area contributed by atoms with Crippen molar-refractivity contribution in [1.82, 2.24) is 5.32 Å². The molecule has 0 saturated heterocycles. The molecular formula is C21H27ClN2O4S. The Morgan fingerprint density at radius 1 is 1.21 bits per heavy atom. The predicted molar refractivity (Wildman–Crippen MR) is 117 cm³/mol. The van der Waals surface area contributed by atoms with Gasteiger partial charge in [0.25, 0.3) is 0 Å². The molecule has 0 heterocycles. The molecule has 1 N–H and O–H groups in total. The van der Waals surface area contributed by atoms with Gasteiger partial charge in [-0.2, -0.15) is 0 Å². The average Bonchev–Trinajstić information content (AvgIpc) is 2.68. The maximum absolute atomic E-state index is 12.4. The molecule has 0 aliphatic carbocycles. The lowest BCUT2D eigenvalue weighted by atomic mass is 10.0. The summed E-state index contributed by atoms with van der Waals surface area (Å²) in [6, 6.07) is 14.1. The molecule has 0 saturated carbocycles. The number of amides is 1. The standard InChI is InChI=1S/C21H27ClN2O4S/c1-4-20(16-10-12-19(28-2)13-11-16)23-21(25)9-6-14-24(29(3,26)27)18-8-5-7-17(22)15-18/h5,7-8,10-13,15,20H,4,6,9,14H2,1-3H3,(H,23,25). The molecule has 1 unspecified atom stereocenters. The summed E-state index contributed by atoms with van der Waals surface area (Å²) in [5.41, 5.74) is 1.49. The van der Waals surface area contributed by atoms with Gasteiger partial charge in [-0.3, -0.25) is 9.10 Å². The van der Waals surface area contributed by atoms with Crippen molar-refractivity contribution in [3.05, 3.63) is 59.1 Å². The van der Waals surface area contributed by atoms with Gasteiger partial charge in [-0.15, -0.1) is 0 Å². The van der Waals surface area contributed by atoms with E-state index in [2.05, 4.69) is 5.32 Å². The number of nitrogens with one attached hydrogen (secondary N) is 1. The number of nitrogens with zero attached hydrogens (tertiary/aromatic N) is 1. The number of methoxy groups -OCH3 is 1. The summed E-state index contributed by atoms with van der Waals surface area (Å²) in [4.78, 5) is 12.4. The fourth-order valence-corrected chi connectivity index (χ4v) is 4.17. The normalized spacial score (nSPS) is 12.3. The first-order chi connectivity index (χ1) is 13.7. The summed E-state index contributed by atoms with van der Waals surface area (Å²) >= 11 is 5.98. The van der Waals surface area contributed by atoms with Crippen molar-refractivity contribution in [2.75, 3.05) is 24.2 Å². The molecular weight excluding hydrogens is 412 g/mol. The Labute approximate surface area is 177 Å². The fourth-order valence-electron chi connectivity index (χ4n) is 3.02. The van der Waals surface area contributed by atoms with E-state index >= 15 is 0 Å². The van der Waals surface area contributed by atoms with Crippen LogP contribution in [0.25, 0.3) is 0 Å². The minimum Gasteiger partial charge on any atom is -0.497 e. The molecule has 6 nitrogen and oxygen atoms in total. The quantitative estimate of drug-likeness (QED) is 0.604. The van der Waals surface area contributed by atoms with E-state index in [0.29, 0.717) is 17.1 Å². The number of benzene rings is 2. The molecule has 8 heteroatoms. The Bertz CT molecular complexity index is 917. The Kier molecular flexibility index (Phi) is 8.34. The lowest BCUT2D eigenvalue weighted by Crippen LogP contribution is -2.33. The van der Waals surface area contributed by atoms with Crippen LogP contribution in [0.1, 0.15) is 37.8 Å². The average molecular weight is 439 g/mol. The number of sulfonamides is 1. The molecule has 2 aromatic rings. The number of carbonyl (C=O) groups excluding carboxylic acids is 1. The minimum absolute atomic E-state index is 0.104. The molecule has 1 atom stereocenters. The van der Waals surface area contributed by atoms with Crippen molar-refractivity contribution < 1.29 is 17.9 Å². The van der Waals surface area contributed by atoms with E-state index in [0.717, 1.165) is 24.0 Å². The third kappa shape index (κ3) is 6.94. The molecule has 0 bridgehead atoms. The van der Waals surface area contributed by atoms with Crippen LogP contribution in [0.15, 0.2) is 48.5 Å². The molecule has 0 fully saturated rings. The number of anilines is 1. The SMILES string of the molecule is CCC(NC(=O)CCCN(c1cccc(Cl)c1)S(C)(=O)=O)c1ccc(OC)cc1. The largest absolute Gasteiger partial charge is 0.497 e. The van der Waals surface area contributed by atoms with E-state index in [1.165, 1.54) is 4.31 Å². The van der Waals surface area contributed by atoms with Crippen LogP contribution in [0.2, 0.25) is 5.02 Å². The Morgan fingerprint density at radius 3 is 2.45 bits per heavy atom. The number of carbonyl (C=O) groups is 1. The third-order valence-corrected chi connectivity index (χ3v) is 5.95. The summed E-state index contributed by atoms with van der Waals surface area (Å²) in [6.07, 6.45) is 2.50. The zero-order valence-corrected chi connectivity index (χ0v) is 18.5. The second-order valence-electron chi connectivity index (χ2n) is 6.72. The van der Waals surface area contributed by atoms with E-state index < -0.39 is 10.0 Å². The van der Waals surface area contributed by atoms with Crippen LogP contribution in [0.5, 0.6) is 5.75 Å². The highest BCUT2D eigenvalue weighted by Gasteiger charge is 2.19. The zero-order chi connectivity index (χ0) is 21.4. The lowest BCUT2D eigenvalue weighted by molar-refractivity contribution is -0.121. The zero-order valence-electron chi connectivity index (χ0n) is 16.9. The van der Waals surface area contributed by atoms with Gasteiger partial charge < -0.3 is 10.1 Å². The molecule has 0 aromatic heterocycles. The highest BCUT2D eigenvalue weighted by molar-refractivity contribution is 7.92. The van der Waals surface area contributed by atoms with Gasteiger partial charge in [-0.1, -0.05) is 36.7 Å². The molecule has 0 spiro atoms. The summed E-state index contributed by atoms with van der Waals surface area (Å²) in [7, 11) is -1.87. The lowest BCUT2D eigenvalue weighted by Gasteiger charge is -2.23. The number of rotatable bonds is 10. The second-order valence-corrected chi connectivity index (χ2v) is 9.06. The van der Waals surface area contributed by atoms with Gasteiger partial charge in [0.1, 0.15) is 5.75 Å². The van der Waals surface area contributed by atoms with Gasteiger partial charge in [-0.05, 0) is 48.7 Å². The number of hydrogen-bond donors (Lipinski definition) is 1. The van der Waals surface area contributed by atoms with E-state index in [-0.39, 0.29) is 24.9 Å². The van der Waals surface area contributed by atoms with Crippen LogP contribution in [-0.2, 0) is 14.8 Å². The van der Waals surface area contributed by atoms with Crippen molar-refractivity contribution in [1.29, 1.82) is 0 Å². The number of hydrogen-bond acceptors (Lipinski definition) is 4. The van der Waals surface area contributed by atoms with Crippen molar-refractivity contribution in [2.24, 2.45) is 0 Å². The number of halogens is 1. The van der Waals surface area contributed by atoms with Crippen LogP contribution in [-0.4, -0.2) is 34.2 Å². The molecule has 1 amide bonds. The number of ether oxygens (including phenoxy) is 1. The fraction of sp³-hybridized carbons (Fsp3) is 0.381. The van der Waals surface area contributed by atoms with E-state index in [1.807, 2.05) is 31.2 Å². The van der Waals surface area contributed by atoms with E-state index in [9.17, 15) is 13.2 Å². The van der Waals surface area contributed by atoms with Crippen LogP contribution in [0.4, 0.5) is 5.69 Å². The van der Waals surface area contributed by atoms with Gasteiger partial charge in [-0.25, -0.2) is 8.42 Å². The van der Waals surface area contributed by atoms with Gasteiger partial charge >= 0.3 is 0 Å². The van der Waals surface area contributed by atoms with Crippen LogP contribution in [0.3, 0.4) is 0 Å². The minimum atomic E-state index is -3.48. The molecule has 2 aromatic carbocycles.